The van der Waals surface area contributed by atoms with E-state index in [1.807, 2.05) is 0 Å². The standard InChI is InChI=1S/C11H19N3O3.ClH/c1-8-11(16)13-2-4-14(8)10(15)6-9-7-17-5-3-12-9;/h8-9,12H,2-7H2,1H3,(H,13,16);1H. The van der Waals surface area contributed by atoms with Crippen molar-refractivity contribution in [2.75, 3.05) is 32.8 Å². The molecule has 2 rings (SSSR count). The summed E-state index contributed by atoms with van der Waals surface area (Å²) in [5.74, 6) is -0.0483. The van der Waals surface area contributed by atoms with Gasteiger partial charge < -0.3 is 20.3 Å². The maximum atomic E-state index is 12.1. The SMILES string of the molecule is CC1C(=O)NCCN1C(=O)CC1COCCN1.Cl. The topological polar surface area (TPSA) is 70.7 Å². The summed E-state index contributed by atoms with van der Waals surface area (Å²) >= 11 is 0. The highest BCUT2D eigenvalue weighted by molar-refractivity contribution is 5.88. The van der Waals surface area contributed by atoms with E-state index in [1.54, 1.807) is 11.8 Å². The van der Waals surface area contributed by atoms with Crippen molar-refractivity contribution in [2.45, 2.75) is 25.4 Å². The molecule has 0 aliphatic carbocycles. The molecule has 2 heterocycles. The summed E-state index contributed by atoms with van der Waals surface area (Å²) in [7, 11) is 0. The summed E-state index contributed by atoms with van der Waals surface area (Å²) in [5.41, 5.74) is 0. The number of morpholine rings is 1. The summed E-state index contributed by atoms with van der Waals surface area (Å²) in [6.07, 6.45) is 0.400. The van der Waals surface area contributed by atoms with E-state index in [1.165, 1.54) is 0 Å². The minimum atomic E-state index is -0.360. The molecular formula is C11H20ClN3O3. The second-order valence-electron chi connectivity index (χ2n) is 4.48. The highest BCUT2D eigenvalue weighted by atomic mass is 35.5. The lowest BCUT2D eigenvalue weighted by Crippen LogP contribution is -2.57. The second-order valence-corrected chi connectivity index (χ2v) is 4.48. The van der Waals surface area contributed by atoms with Crippen molar-refractivity contribution < 1.29 is 14.3 Å². The van der Waals surface area contributed by atoms with Crippen molar-refractivity contribution in [3.05, 3.63) is 0 Å². The summed E-state index contributed by atoms with van der Waals surface area (Å²) in [6, 6.07) is -0.283. The lowest BCUT2D eigenvalue weighted by atomic mass is 10.1. The molecule has 2 saturated heterocycles. The molecule has 0 aromatic heterocycles. The Morgan fingerprint density at radius 2 is 2.28 bits per heavy atom. The number of halogens is 1. The van der Waals surface area contributed by atoms with Gasteiger partial charge in [-0.3, -0.25) is 9.59 Å². The van der Waals surface area contributed by atoms with E-state index in [2.05, 4.69) is 10.6 Å². The van der Waals surface area contributed by atoms with E-state index in [0.717, 1.165) is 6.54 Å². The summed E-state index contributed by atoms with van der Waals surface area (Å²) in [5, 5.41) is 5.99. The van der Waals surface area contributed by atoms with E-state index in [0.29, 0.717) is 32.7 Å². The molecule has 2 aliphatic heterocycles. The van der Waals surface area contributed by atoms with Gasteiger partial charge in [-0.05, 0) is 6.92 Å². The Kier molecular flexibility index (Phi) is 5.84. The van der Waals surface area contributed by atoms with Gasteiger partial charge in [0.15, 0.2) is 0 Å². The predicted octanol–water partition coefficient (Wildman–Crippen LogP) is -0.866. The molecule has 2 aliphatic rings. The first-order valence-electron chi connectivity index (χ1n) is 6.07. The first kappa shape index (κ1) is 15.2. The van der Waals surface area contributed by atoms with Crippen LogP contribution in [-0.4, -0.2) is 61.6 Å². The second kappa shape index (κ2) is 6.92. The fraction of sp³-hybridized carbons (Fsp3) is 0.818. The molecule has 18 heavy (non-hydrogen) atoms. The number of ether oxygens (including phenoxy) is 1. The Hall–Kier alpha value is -0.850. The third kappa shape index (κ3) is 3.57. The third-order valence-electron chi connectivity index (χ3n) is 3.24. The van der Waals surface area contributed by atoms with Crippen LogP contribution in [0.15, 0.2) is 0 Å². The van der Waals surface area contributed by atoms with Gasteiger partial charge in [0.25, 0.3) is 0 Å². The van der Waals surface area contributed by atoms with Crippen LogP contribution >= 0.6 is 12.4 Å². The van der Waals surface area contributed by atoms with Crippen LogP contribution < -0.4 is 10.6 Å². The van der Waals surface area contributed by atoms with E-state index in [-0.39, 0.29) is 36.3 Å². The van der Waals surface area contributed by atoms with E-state index in [9.17, 15) is 9.59 Å². The fourth-order valence-electron chi connectivity index (χ4n) is 2.20. The van der Waals surface area contributed by atoms with Crippen molar-refractivity contribution >= 4 is 24.2 Å². The Morgan fingerprint density at radius 3 is 2.94 bits per heavy atom. The van der Waals surface area contributed by atoms with E-state index < -0.39 is 0 Å². The number of nitrogens with one attached hydrogen (secondary N) is 2. The molecule has 0 bridgehead atoms. The van der Waals surface area contributed by atoms with Crippen LogP contribution in [0, 0.1) is 0 Å². The zero-order chi connectivity index (χ0) is 12.3. The highest BCUT2D eigenvalue weighted by Gasteiger charge is 2.30. The van der Waals surface area contributed by atoms with Crippen molar-refractivity contribution in [3.63, 3.8) is 0 Å². The Morgan fingerprint density at radius 1 is 1.50 bits per heavy atom. The average molecular weight is 278 g/mol. The molecule has 6 nitrogen and oxygen atoms in total. The number of nitrogens with zero attached hydrogens (tertiary/aromatic N) is 1. The quantitative estimate of drug-likeness (QED) is 0.689. The van der Waals surface area contributed by atoms with E-state index in [4.69, 9.17) is 4.74 Å². The van der Waals surface area contributed by atoms with Gasteiger partial charge in [-0.25, -0.2) is 0 Å². The summed E-state index contributed by atoms with van der Waals surface area (Å²) in [6.45, 7) is 4.96. The molecule has 2 atom stereocenters. The number of piperazine rings is 1. The van der Waals surface area contributed by atoms with Crippen LogP contribution in [0.2, 0.25) is 0 Å². The Balaban J connectivity index is 0.00000162. The Labute approximate surface area is 113 Å². The van der Waals surface area contributed by atoms with Gasteiger partial charge in [-0.15, -0.1) is 12.4 Å². The van der Waals surface area contributed by atoms with Crippen LogP contribution in [0.5, 0.6) is 0 Å². The van der Waals surface area contributed by atoms with Gasteiger partial charge in [-0.2, -0.15) is 0 Å². The van der Waals surface area contributed by atoms with Crippen LogP contribution in [0.3, 0.4) is 0 Å². The van der Waals surface area contributed by atoms with Crippen LogP contribution in [0.4, 0.5) is 0 Å². The summed E-state index contributed by atoms with van der Waals surface area (Å²) < 4.78 is 5.31. The molecule has 2 N–H and O–H groups in total. The molecule has 104 valence electrons. The molecular weight excluding hydrogens is 258 g/mol. The van der Waals surface area contributed by atoms with Gasteiger partial charge in [0.2, 0.25) is 11.8 Å². The zero-order valence-electron chi connectivity index (χ0n) is 10.5. The van der Waals surface area contributed by atoms with Crippen LogP contribution in [0.1, 0.15) is 13.3 Å². The Bertz CT molecular complexity index is 308. The number of carbonyl (C=O) groups excluding carboxylic acids is 2. The van der Waals surface area contributed by atoms with Gasteiger partial charge >= 0.3 is 0 Å². The van der Waals surface area contributed by atoms with Crippen molar-refractivity contribution in [1.82, 2.24) is 15.5 Å². The number of carbonyl (C=O) groups is 2. The minimum Gasteiger partial charge on any atom is -0.378 e. The molecule has 2 unspecified atom stereocenters. The van der Waals surface area contributed by atoms with Crippen LogP contribution in [-0.2, 0) is 14.3 Å². The molecule has 0 aromatic carbocycles. The average Bonchev–Trinajstić information content (AvgIpc) is 2.34. The molecule has 0 radical (unpaired) electrons. The number of hydrogen-bond acceptors (Lipinski definition) is 4. The normalized spacial score (nSPS) is 28.3. The molecule has 7 heteroatoms. The lowest BCUT2D eigenvalue weighted by molar-refractivity contribution is -0.143. The van der Waals surface area contributed by atoms with Gasteiger partial charge in [0, 0.05) is 32.1 Å². The van der Waals surface area contributed by atoms with E-state index >= 15 is 0 Å². The fourth-order valence-corrected chi connectivity index (χ4v) is 2.20. The van der Waals surface area contributed by atoms with Gasteiger partial charge in [-0.1, -0.05) is 0 Å². The van der Waals surface area contributed by atoms with Gasteiger partial charge in [0.1, 0.15) is 6.04 Å². The predicted molar refractivity (Wildman–Crippen MR) is 68.7 cm³/mol. The maximum Gasteiger partial charge on any atom is 0.242 e. The van der Waals surface area contributed by atoms with Crippen molar-refractivity contribution in [1.29, 1.82) is 0 Å². The maximum absolute atomic E-state index is 12.1. The molecule has 2 fully saturated rings. The largest absolute Gasteiger partial charge is 0.378 e. The first-order valence-corrected chi connectivity index (χ1v) is 6.07. The first-order chi connectivity index (χ1) is 8.18. The van der Waals surface area contributed by atoms with Crippen molar-refractivity contribution in [3.8, 4) is 0 Å². The molecule has 0 spiro atoms. The van der Waals surface area contributed by atoms with Crippen molar-refractivity contribution in [2.24, 2.45) is 0 Å². The highest BCUT2D eigenvalue weighted by Crippen LogP contribution is 2.09. The minimum absolute atomic E-state index is 0. The number of rotatable bonds is 2. The van der Waals surface area contributed by atoms with Gasteiger partial charge in [0.05, 0.1) is 13.2 Å². The number of hydrogen-bond donors (Lipinski definition) is 2. The number of amides is 2. The molecule has 0 aromatic rings. The third-order valence-corrected chi connectivity index (χ3v) is 3.24. The molecule has 0 saturated carbocycles. The monoisotopic (exact) mass is 277 g/mol. The lowest BCUT2D eigenvalue weighted by Gasteiger charge is -2.34. The summed E-state index contributed by atoms with van der Waals surface area (Å²) in [4.78, 5) is 25.2. The zero-order valence-corrected chi connectivity index (χ0v) is 11.3. The molecule has 2 amide bonds. The van der Waals surface area contributed by atoms with Crippen LogP contribution in [0.25, 0.3) is 0 Å². The smallest absolute Gasteiger partial charge is 0.242 e.